The molecule has 0 N–H and O–H groups in total. The van der Waals surface area contributed by atoms with E-state index < -0.39 is 0 Å². The van der Waals surface area contributed by atoms with Gasteiger partial charge in [-0.05, 0) is 19.4 Å². The van der Waals surface area contributed by atoms with E-state index in [-0.39, 0.29) is 6.29 Å². The molecule has 0 aliphatic carbocycles. The molecule has 0 saturated carbocycles. The summed E-state index contributed by atoms with van der Waals surface area (Å²) in [5, 5.41) is 0. The molecule has 0 spiro atoms. The van der Waals surface area contributed by atoms with E-state index in [4.69, 9.17) is 9.47 Å². The van der Waals surface area contributed by atoms with Crippen LogP contribution in [0.3, 0.4) is 0 Å². The van der Waals surface area contributed by atoms with Crippen molar-refractivity contribution >= 4 is 0 Å². The third kappa shape index (κ3) is 3.04. The van der Waals surface area contributed by atoms with Crippen LogP contribution in [0.4, 0.5) is 0 Å². The molecule has 1 fully saturated rings. The van der Waals surface area contributed by atoms with Crippen LogP contribution in [0, 0.1) is 0 Å². The van der Waals surface area contributed by atoms with Gasteiger partial charge in [-0.2, -0.15) is 0 Å². The van der Waals surface area contributed by atoms with Gasteiger partial charge in [0.2, 0.25) is 0 Å². The molecular weight excluding hydrogens is 140 g/mol. The first-order valence-corrected chi connectivity index (χ1v) is 4.23. The summed E-state index contributed by atoms with van der Waals surface area (Å²) in [6.45, 7) is 5.77. The van der Waals surface area contributed by atoms with E-state index in [0.29, 0.717) is 0 Å². The van der Waals surface area contributed by atoms with Gasteiger partial charge in [0.15, 0.2) is 6.29 Å². The molecule has 2 heteroatoms. The van der Waals surface area contributed by atoms with E-state index >= 15 is 0 Å². The van der Waals surface area contributed by atoms with Crippen molar-refractivity contribution in [2.75, 3.05) is 13.2 Å². The maximum atomic E-state index is 5.27. The van der Waals surface area contributed by atoms with Gasteiger partial charge in [0, 0.05) is 0 Å². The van der Waals surface area contributed by atoms with Gasteiger partial charge in [-0.3, -0.25) is 0 Å². The Kier molecular flexibility index (Phi) is 3.60. The number of allylic oxidation sites excluding steroid dienone is 1. The van der Waals surface area contributed by atoms with E-state index in [1.54, 1.807) is 0 Å². The zero-order chi connectivity index (χ0) is 8.10. The van der Waals surface area contributed by atoms with Gasteiger partial charge in [0.25, 0.3) is 0 Å². The first-order chi connectivity index (χ1) is 5.33. The third-order valence-electron chi connectivity index (χ3n) is 1.71. The van der Waals surface area contributed by atoms with Gasteiger partial charge in [0.05, 0.1) is 13.2 Å². The summed E-state index contributed by atoms with van der Waals surface area (Å²) in [7, 11) is 0. The Hall–Kier alpha value is -0.340. The third-order valence-corrected chi connectivity index (χ3v) is 1.71. The molecule has 0 amide bonds. The molecule has 1 aliphatic heterocycles. The predicted molar refractivity (Wildman–Crippen MR) is 44.4 cm³/mol. The fourth-order valence-electron chi connectivity index (χ4n) is 1.18. The summed E-state index contributed by atoms with van der Waals surface area (Å²) in [6.07, 6.45) is 4.33. The standard InChI is InChI=1S/C9H16O2/c1-3-4-8(2)7-9-10-5-6-11-9/h7,9H,3-6H2,1-2H3. The van der Waals surface area contributed by atoms with E-state index in [1.807, 2.05) is 0 Å². The Balaban J connectivity index is 2.30. The van der Waals surface area contributed by atoms with Crippen LogP contribution in [0.25, 0.3) is 0 Å². The maximum Gasteiger partial charge on any atom is 0.177 e. The van der Waals surface area contributed by atoms with Gasteiger partial charge < -0.3 is 9.47 Å². The van der Waals surface area contributed by atoms with Crippen molar-refractivity contribution < 1.29 is 9.47 Å². The molecule has 0 radical (unpaired) electrons. The Morgan fingerprint density at radius 3 is 2.64 bits per heavy atom. The summed E-state index contributed by atoms with van der Waals surface area (Å²) in [5.74, 6) is 0. The summed E-state index contributed by atoms with van der Waals surface area (Å²) in [5.41, 5.74) is 1.36. The highest BCUT2D eigenvalue weighted by Gasteiger charge is 2.12. The largest absolute Gasteiger partial charge is 0.347 e. The van der Waals surface area contributed by atoms with Gasteiger partial charge in [0.1, 0.15) is 0 Å². The average Bonchev–Trinajstić information content (AvgIpc) is 2.40. The van der Waals surface area contributed by atoms with Crippen molar-refractivity contribution in [3.63, 3.8) is 0 Å². The number of hydrogen-bond acceptors (Lipinski definition) is 2. The summed E-state index contributed by atoms with van der Waals surface area (Å²) in [4.78, 5) is 0. The van der Waals surface area contributed by atoms with Crippen LogP contribution in [0.2, 0.25) is 0 Å². The lowest BCUT2D eigenvalue weighted by Crippen LogP contribution is -2.03. The zero-order valence-electron chi connectivity index (χ0n) is 7.30. The van der Waals surface area contributed by atoms with Gasteiger partial charge in [-0.15, -0.1) is 0 Å². The molecule has 2 nitrogen and oxygen atoms in total. The summed E-state index contributed by atoms with van der Waals surface area (Å²) >= 11 is 0. The Morgan fingerprint density at radius 1 is 1.45 bits per heavy atom. The van der Waals surface area contributed by atoms with E-state index in [0.717, 1.165) is 19.6 Å². The highest BCUT2D eigenvalue weighted by molar-refractivity contribution is 5.00. The fraction of sp³-hybridized carbons (Fsp3) is 0.778. The van der Waals surface area contributed by atoms with Crippen molar-refractivity contribution in [3.05, 3.63) is 11.6 Å². The first kappa shape index (κ1) is 8.75. The van der Waals surface area contributed by atoms with Gasteiger partial charge in [-0.25, -0.2) is 0 Å². The molecule has 0 aromatic carbocycles. The molecule has 1 aliphatic rings. The Bertz CT molecular complexity index is 134. The monoisotopic (exact) mass is 156 g/mol. The fourth-order valence-corrected chi connectivity index (χ4v) is 1.18. The molecule has 1 rings (SSSR count). The minimum absolute atomic E-state index is 0.0680. The molecule has 11 heavy (non-hydrogen) atoms. The van der Waals surface area contributed by atoms with Crippen LogP contribution in [-0.2, 0) is 9.47 Å². The number of rotatable bonds is 3. The lowest BCUT2D eigenvalue weighted by molar-refractivity contribution is -0.00224. The number of ether oxygens (including phenoxy) is 2. The van der Waals surface area contributed by atoms with Crippen molar-refractivity contribution in [3.8, 4) is 0 Å². The van der Waals surface area contributed by atoms with Crippen LogP contribution in [-0.4, -0.2) is 19.5 Å². The molecule has 64 valence electrons. The smallest absolute Gasteiger partial charge is 0.177 e. The average molecular weight is 156 g/mol. The van der Waals surface area contributed by atoms with Crippen molar-refractivity contribution in [1.29, 1.82) is 0 Å². The lowest BCUT2D eigenvalue weighted by Gasteiger charge is -2.04. The van der Waals surface area contributed by atoms with Crippen LogP contribution in [0.1, 0.15) is 26.7 Å². The second-order valence-electron chi connectivity index (χ2n) is 2.87. The predicted octanol–water partition coefficient (Wildman–Crippen LogP) is 2.11. The second kappa shape index (κ2) is 4.52. The van der Waals surface area contributed by atoms with E-state index in [2.05, 4.69) is 19.9 Å². The highest BCUT2D eigenvalue weighted by Crippen LogP contribution is 2.10. The van der Waals surface area contributed by atoms with Crippen LogP contribution < -0.4 is 0 Å². The van der Waals surface area contributed by atoms with Crippen LogP contribution in [0.15, 0.2) is 11.6 Å². The minimum atomic E-state index is -0.0680. The molecule has 0 aromatic heterocycles. The van der Waals surface area contributed by atoms with Crippen molar-refractivity contribution in [2.24, 2.45) is 0 Å². The van der Waals surface area contributed by atoms with Crippen molar-refractivity contribution in [1.82, 2.24) is 0 Å². The van der Waals surface area contributed by atoms with E-state index in [1.165, 1.54) is 12.0 Å². The molecular formula is C9H16O2. The lowest BCUT2D eigenvalue weighted by atomic mass is 10.2. The number of hydrogen-bond donors (Lipinski definition) is 0. The van der Waals surface area contributed by atoms with Crippen LogP contribution in [0.5, 0.6) is 0 Å². The first-order valence-electron chi connectivity index (χ1n) is 4.23. The maximum absolute atomic E-state index is 5.27. The molecule has 0 atom stereocenters. The highest BCUT2D eigenvalue weighted by atomic mass is 16.7. The molecule has 1 heterocycles. The van der Waals surface area contributed by atoms with Gasteiger partial charge >= 0.3 is 0 Å². The van der Waals surface area contributed by atoms with Gasteiger partial charge in [-0.1, -0.05) is 18.9 Å². The summed E-state index contributed by atoms with van der Waals surface area (Å²) < 4.78 is 10.5. The zero-order valence-corrected chi connectivity index (χ0v) is 7.30. The SMILES string of the molecule is CCCC(C)=CC1OCCO1. The quantitative estimate of drug-likeness (QED) is 0.582. The van der Waals surface area contributed by atoms with Crippen molar-refractivity contribution in [2.45, 2.75) is 33.0 Å². The molecule has 1 saturated heterocycles. The second-order valence-corrected chi connectivity index (χ2v) is 2.87. The van der Waals surface area contributed by atoms with Crippen LogP contribution >= 0.6 is 0 Å². The summed E-state index contributed by atoms with van der Waals surface area (Å²) in [6, 6.07) is 0. The Labute approximate surface area is 68.2 Å². The Morgan fingerprint density at radius 2 is 2.09 bits per heavy atom. The minimum Gasteiger partial charge on any atom is -0.347 e. The topological polar surface area (TPSA) is 18.5 Å². The molecule has 0 aromatic rings. The normalized spacial score (nSPS) is 21.1. The van der Waals surface area contributed by atoms with E-state index in [9.17, 15) is 0 Å². The molecule has 0 bridgehead atoms. The molecule has 0 unspecified atom stereocenters.